The van der Waals surface area contributed by atoms with Crippen molar-refractivity contribution in [3.63, 3.8) is 0 Å². The van der Waals surface area contributed by atoms with Crippen LogP contribution in [0.15, 0.2) is 28.8 Å². The topological polar surface area (TPSA) is 107 Å². The first-order valence-corrected chi connectivity index (χ1v) is 8.30. The summed E-state index contributed by atoms with van der Waals surface area (Å²) in [5, 5.41) is 6.76. The van der Waals surface area contributed by atoms with Crippen LogP contribution in [0.3, 0.4) is 0 Å². The lowest BCUT2D eigenvalue weighted by Gasteiger charge is -2.10. The number of nitrogens with zero attached hydrogens (tertiary/aromatic N) is 1. The lowest BCUT2D eigenvalue weighted by atomic mass is 10.0. The van der Waals surface area contributed by atoms with Gasteiger partial charge in [0.1, 0.15) is 17.1 Å². The fraction of sp³-hybridized carbons (Fsp3) is 0.389. The summed E-state index contributed by atoms with van der Waals surface area (Å²) in [6.45, 7) is 0. The summed E-state index contributed by atoms with van der Waals surface area (Å²) in [5.41, 5.74) is 7.12. The van der Waals surface area contributed by atoms with E-state index >= 15 is 0 Å². The Morgan fingerprint density at radius 1 is 1.28 bits per heavy atom. The maximum absolute atomic E-state index is 12.4. The third-order valence-corrected chi connectivity index (χ3v) is 4.47. The van der Waals surface area contributed by atoms with Crippen molar-refractivity contribution in [3.8, 4) is 5.75 Å². The number of carbonyl (C=O) groups excluding carboxylic acids is 2. The third-order valence-electron chi connectivity index (χ3n) is 4.47. The Kier molecular flexibility index (Phi) is 5.02. The number of methoxy groups -OCH3 is 1. The van der Waals surface area contributed by atoms with Gasteiger partial charge in [0.15, 0.2) is 0 Å². The van der Waals surface area contributed by atoms with Crippen LogP contribution in [-0.2, 0) is 11.2 Å². The van der Waals surface area contributed by atoms with E-state index in [1.807, 2.05) is 12.1 Å². The molecule has 1 fully saturated rings. The van der Waals surface area contributed by atoms with E-state index in [-0.39, 0.29) is 24.0 Å². The summed E-state index contributed by atoms with van der Waals surface area (Å²) in [6.07, 6.45) is 4.29. The summed E-state index contributed by atoms with van der Waals surface area (Å²) < 4.78 is 10.2. The second kappa shape index (κ2) is 7.38. The normalized spacial score (nSPS) is 14.4. The minimum absolute atomic E-state index is 0.0926. The van der Waals surface area contributed by atoms with Crippen LogP contribution in [0.2, 0.25) is 0 Å². The minimum Gasteiger partial charge on any atom is -0.497 e. The van der Waals surface area contributed by atoms with Crippen LogP contribution in [0, 0.1) is 0 Å². The van der Waals surface area contributed by atoms with E-state index in [2.05, 4.69) is 10.5 Å². The number of ether oxygens (including phenoxy) is 1. The number of rotatable bonds is 6. The number of primary amides is 1. The zero-order valence-corrected chi connectivity index (χ0v) is 14.1. The fourth-order valence-electron chi connectivity index (χ4n) is 3.18. The highest BCUT2D eigenvalue weighted by Crippen LogP contribution is 2.38. The Labute approximate surface area is 145 Å². The molecule has 2 amide bonds. The van der Waals surface area contributed by atoms with Crippen molar-refractivity contribution in [2.75, 3.05) is 12.4 Å². The number of hydrogen-bond donors (Lipinski definition) is 2. The van der Waals surface area contributed by atoms with Crippen LogP contribution in [0.25, 0.3) is 0 Å². The van der Waals surface area contributed by atoms with Crippen molar-refractivity contribution in [1.82, 2.24) is 5.16 Å². The van der Waals surface area contributed by atoms with Gasteiger partial charge in [-0.3, -0.25) is 9.59 Å². The van der Waals surface area contributed by atoms with Crippen molar-refractivity contribution in [3.05, 3.63) is 41.3 Å². The third kappa shape index (κ3) is 3.81. The molecule has 25 heavy (non-hydrogen) atoms. The standard InChI is InChI=1S/C18H21N3O4/c1-24-13-8-6-11(7-9-13)10-14(22)20-16-15(12-4-2-3-5-12)21-25-17(16)18(19)23/h6-9,12H,2-5,10H2,1H3,(H2,19,23)(H,20,22). The van der Waals surface area contributed by atoms with Gasteiger partial charge >= 0.3 is 0 Å². The number of benzene rings is 1. The largest absolute Gasteiger partial charge is 0.497 e. The number of nitrogens with two attached hydrogens (primary N) is 1. The maximum atomic E-state index is 12.4. The van der Waals surface area contributed by atoms with Crippen LogP contribution in [-0.4, -0.2) is 24.1 Å². The average molecular weight is 343 g/mol. The molecule has 3 rings (SSSR count). The molecule has 1 aliphatic carbocycles. The number of aromatic nitrogens is 1. The number of carbonyl (C=O) groups is 2. The Hall–Kier alpha value is -2.83. The van der Waals surface area contributed by atoms with Crippen molar-refractivity contribution in [2.24, 2.45) is 5.73 Å². The van der Waals surface area contributed by atoms with Crippen LogP contribution >= 0.6 is 0 Å². The van der Waals surface area contributed by atoms with Gasteiger partial charge in [-0.25, -0.2) is 0 Å². The molecule has 1 aliphatic rings. The van der Waals surface area contributed by atoms with Crippen molar-refractivity contribution >= 4 is 17.5 Å². The zero-order chi connectivity index (χ0) is 17.8. The lowest BCUT2D eigenvalue weighted by molar-refractivity contribution is -0.115. The number of amides is 2. The molecule has 2 aromatic rings. The quantitative estimate of drug-likeness (QED) is 0.838. The van der Waals surface area contributed by atoms with E-state index < -0.39 is 5.91 Å². The van der Waals surface area contributed by atoms with Gasteiger partial charge in [0.05, 0.1) is 13.5 Å². The molecule has 0 bridgehead atoms. The molecule has 3 N–H and O–H groups in total. The Morgan fingerprint density at radius 3 is 2.56 bits per heavy atom. The predicted molar refractivity (Wildman–Crippen MR) is 91.6 cm³/mol. The molecule has 0 aliphatic heterocycles. The SMILES string of the molecule is COc1ccc(CC(=O)Nc2c(C3CCCC3)noc2C(N)=O)cc1. The predicted octanol–water partition coefficient (Wildman–Crippen LogP) is 2.62. The van der Waals surface area contributed by atoms with E-state index in [0.29, 0.717) is 11.4 Å². The monoisotopic (exact) mass is 343 g/mol. The highest BCUT2D eigenvalue weighted by Gasteiger charge is 2.29. The summed E-state index contributed by atoms with van der Waals surface area (Å²) >= 11 is 0. The van der Waals surface area contributed by atoms with Gasteiger partial charge in [-0.15, -0.1) is 0 Å². The summed E-state index contributed by atoms with van der Waals surface area (Å²) in [5.74, 6) is -0.174. The van der Waals surface area contributed by atoms with E-state index in [9.17, 15) is 9.59 Å². The first-order valence-electron chi connectivity index (χ1n) is 8.30. The van der Waals surface area contributed by atoms with Crippen molar-refractivity contribution in [2.45, 2.75) is 38.0 Å². The molecule has 0 radical (unpaired) electrons. The Bertz CT molecular complexity index is 761. The van der Waals surface area contributed by atoms with E-state index in [1.54, 1.807) is 19.2 Å². The van der Waals surface area contributed by atoms with Crippen LogP contribution in [0.5, 0.6) is 5.75 Å². The number of hydrogen-bond acceptors (Lipinski definition) is 5. The molecule has 0 unspecified atom stereocenters. The zero-order valence-electron chi connectivity index (χ0n) is 14.1. The van der Waals surface area contributed by atoms with Crippen LogP contribution in [0.1, 0.15) is 53.4 Å². The van der Waals surface area contributed by atoms with Crippen LogP contribution < -0.4 is 15.8 Å². The second-order valence-electron chi connectivity index (χ2n) is 6.19. The number of anilines is 1. The molecule has 1 aromatic carbocycles. The van der Waals surface area contributed by atoms with E-state index in [4.69, 9.17) is 15.0 Å². The molecule has 0 atom stereocenters. The highest BCUT2D eigenvalue weighted by atomic mass is 16.5. The van der Waals surface area contributed by atoms with Gasteiger partial charge < -0.3 is 20.3 Å². The Balaban J connectivity index is 1.76. The molecular formula is C18H21N3O4. The van der Waals surface area contributed by atoms with E-state index in [1.165, 1.54) is 0 Å². The van der Waals surface area contributed by atoms with Gasteiger partial charge in [0.2, 0.25) is 11.7 Å². The van der Waals surface area contributed by atoms with Crippen molar-refractivity contribution in [1.29, 1.82) is 0 Å². The molecule has 7 heteroatoms. The smallest absolute Gasteiger partial charge is 0.289 e. The highest BCUT2D eigenvalue weighted by molar-refractivity contribution is 6.02. The molecule has 1 aromatic heterocycles. The van der Waals surface area contributed by atoms with Gasteiger partial charge in [0.25, 0.3) is 5.91 Å². The maximum Gasteiger partial charge on any atom is 0.289 e. The van der Waals surface area contributed by atoms with E-state index in [0.717, 1.165) is 37.0 Å². The molecule has 132 valence electrons. The van der Waals surface area contributed by atoms with Gasteiger partial charge in [0, 0.05) is 5.92 Å². The van der Waals surface area contributed by atoms with Gasteiger partial charge in [-0.2, -0.15) is 0 Å². The van der Waals surface area contributed by atoms with Gasteiger partial charge in [-0.05, 0) is 30.5 Å². The Morgan fingerprint density at radius 2 is 1.96 bits per heavy atom. The molecule has 1 heterocycles. The summed E-state index contributed by atoms with van der Waals surface area (Å²) in [7, 11) is 1.59. The first kappa shape index (κ1) is 17.0. The van der Waals surface area contributed by atoms with Gasteiger partial charge in [-0.1, -0.05) is 30.1 Å². The summed E-state index contributed by atoms with van der Waals surface area (Å²) in [6, 6.07) is 7.22. The first-order chi connectivity index (χ1) is 12.1. The number of nitrogens with one attached hydrogen (secondary N) is 1. The average Bonchev–Trinajstić information content (AvgIpc) is 3.24. The molecule has 7 nitrogen and oxygen atoms in total. The fourth-order valence-corrected chi connectivity index (χ4v) is 3.18. The van der Waals surface area contributed by atoms with Crippen LogP contribution in [0.4, 0.5) is 5.69 Å². The molecule has 1 saturated carbocycles. The van der Waals surface area contributed by atoms with Crippen molar-refractivity contribution < 1.29 is 18.8 Å². The second-order valence-corrected chi connectivity index (χ2v) is 6.19. The molecular weight excluding hydrogens is 322 g/mol. The minimum atomic E-state index is -0.739. The lowest BCUT2D eigenvalue weighted by Crippen LogP contribution is -2.19. The molecule has 0 spiro atoms. The summed E-state index contributed by atoms with van der Waals surface area (Å²) in [4.78, 5) is 24.0. The molecule has 0 saturated heterocycles.